The Bertz CT molecular complexity index is 1530. The SMILES string of the molecule is CC(=O)NCCc1cnc2ccc(Nc3ccnc4[nH]c(C5=CCN(C(=O)OC(C)(C)C)CC5)cc34)cn12. The molecule has 5 rings (SSSR count). The number of amides is 2. The van der Waals surface area contributed by atoms with Crippen LogP contribution < -0.4 is 10.6 Å². The second-order valence-electron chi connectivity index (χ2n) is 10.5. The summed E-state index contributed by atoms with van der Waals surface area (Å²) in [5.74, 6) is -0.0434. The van der Waals surface area contributed by atoms with Gasteiger partial charge in [0.15, 0.2) is 0 Å². The van der Waals surface area contributed by atoms with E-state index in [4.69, 9.17) is 4.74 Å². The third-order valence-corrected chi connectivity index (χ3v) is 6.35. The number of carbonyl (C=O) groups is 2. The molecule has 198 valence electrons. The zero-order valence-corrected chi connectivity index (χ0v) is 22.2. The van der Waals surface area contributed by atoms with Gasteiger partial charge >= 0.3 is 6.09 Å². The Morgan fingerprint density at radius 1 is 1.18 bits per heavy atom. The first-order chi connectivity index (χ1) is 18.2. The van der Waals surface area contributed by atoms with Crippen LogP contribution in [-0.4, -0.2) is 61.5 Å². The average Bonchev–Trinajstić information content (AvgIpc) is 3.48. The molecular formula is C28H33N7O3. The minimum Gasteiger partial charge on any atom is -0.444 e. The molecule has 0 radical (unpaired) electrons. The normalized spacial score (nSPS) is 14.0. The van der Waals surface area contributed by atoms with Crippen molar-refractivity contribution in [2.45, 2.75) is 46.1 Å². The van der Waals surface area contributed by atoms with Crippen molar-refractivity contribution in [2.24, 2.45) is 0 Å². The number of rotatable bonds is 6. The van der Waals surface area contributed by atoms with Gasteiger partial charge in [0.2, 0.25) is 5.91 Å². The van der Waals surface area contributed by atoms with Gasteiger partial charge in [-0.05, 0) is 57.0 Å². The molecule has 2 amide bonds. The first kappa shape index (κ1) is 25.3. The highest BCUT2D eigenvalue weighted by Gasteiger charge is 2.24. The number of aromatic nitrogens is 4. The zero-order chi connectivity index (χ0) is 26.9. The van der Waals surface area contributed by atoms with Crippen molar-refractivity contribution >= 4 is 45.6 Å². The third kappa shape index (κ3) is 5.64. The van der Waals surface area contributed by atoms with E-state index in [0.29, 0.717) is 26.1 Å². The van der Waals surface area contributed by atoms with Crippen molar-refractivity contribution in [3.8, 4) is 0 Å². The first-order valence-corrected chi connectivity index (χ1v) is 12.8. The summed E-state index contributed by atoms with van der Waals surface area (Å²) in [4.78, 5) is 37.8. The fraction of sp³-hybridized carbons (Fsp3) is 0.357. The van der Waals surface area contributed by atoms with Gasteiger partial charge in [0.1, 0.15) is 16.9 Å². The monoisotopic (exact) mass is 515 g/mol. The molecule has 4 aromatic heterocycles. The number of imidazole rings is 1. The molecule has 10 nitrogen and oxygen atoms in total. The molecule has 0 aliphatic carbocycles. The van der Waals surface area contributed by atoms with E-state index in [1.54, 1.807) is 11.1 Å². The van der Waals surface area contributed by atoms with Crippen LogP contribution >= 0.6 is 0 Å². The topological polar surface area (TPSA) is 117 Å². The third-order valence-electron chi connectivity index (χ3n) is 6.35. The Labute approximate surface area is 221 Å². The molecule has 3 N–H and O–H groups in total. The van der Waals surface area contributed by atoms with Crippen molar-refractivity contribution in [1.82, 2.24) is 29.6 Å². The minimum atomic E-state index is -0.510. The van der Waals surface area contributed by atoms with Crippen LogP contribution in [0.15, 0.2) is 48.9 Å². The van der Waals surface area contributed by atoms with Crippen LogP contribution in [0.2, 0.25) is 0 Å². The van der Waals surface area contributed by atoms with Crippen LogP contribution in [0.4, 0.5) is 16.2 Å². The Morgan fingerprint density at radius 3 is 2.76 bits per heavy atom. The summed E-state index contributed by atoms with van der Waals surface area (Å²) in [7, 11) is 0. The molecule has 0 saturated heterocycles. The first-order valence-electron chi connectivity index (χ1n) is 12.8. The molecule has 38 heavy (non-hydrogen) atoms. The predicted molar refractivity (Wildman–Crippen MR) is 147 cm³/mol. The summed E-state index contributed by atoms with van der Waals surface area (Å²) in [5.41, 5.74) is 6.14. The zero-order valence-electron chi connectivity index (χ0n) is 22.2. The summed E-state index contributed by atoms with van der Waals surface area (Å²) < 4.78 is 7.54. The van der Waals surface area contributed by atoms with Gasteiger partial charge in [0, 0.05) is 68.3 Å². The van der Waals surface area contributed by atoms with Crippen LogP contribution in [0.1, 0.15) is 45.5 Å². The Hall–Kier alpha value is -4.34. The summed E-state index contributed by atoms with van der Waals surface area (Å²) in [5, 5.41) is 7.34. The van der Waals surface area contributed by atoms with Crippen LogP contribution in [0, 0.1) is 0 Å². The number of fused-ring (bicyclic) bond motifs is 2. The number of nitrogens with zero attached hydrogens (tertiary/aromatic N) is 4. The number of pyridine rings is 2. The number of ether oxygens (including phenoxy) is 1. The summed E-state index contributed by atoms with van der Waals surface area (Å²) in [6, 6.07) is 8.02. The lowest BCUT2D eigenvalue weighted by atomic mass is 10.0. The minimum absolute atomic E-state index is 0.0434. The molecule has 0 fully saturated rings. The summed E-state index contributed by atoms with van der Waals surface area (Å²) >= 11 is 0. The van der Waals surface area contributed by atoms with Gasteiger partial charge in [-0.1, -0.05) is 6.08 Å². The van der Waals surface area contributed by atoms with Gasteiger partial charge in [-0.2, -0.15) is 0 Å². The highest BCUT2D eigenvalue weighted by atomic mass is 16.6. The van der Waals surface area contributed by atoms with Crippen molar-refractivity contribution in [2.75, 3.05) is 25.0 Å². The van der Waals surface area contributed by atoms with Gasteiger partial charge in [0.05, 0.1) is 11.4 Å². The van der Waals surface area contributed by atoms with Crippen molar-refractivity contribution in [1.29, 1.82) is 0 Å². The van der Waals surface area contributed by atoms with E-state index in [1.807, 2.05) is 55.8 Å². The van der Waals surface area contributed by atoms with Crippen molar-refractivity contribution < 1.29 is 14.3 Å². The molecular weight excluding hydrogens is 482 g/mol. The van der Waals surface area contributed by atoms with Gasteiger partial charge in [0.25, 0.3) is 0 Å². The second kappa shape index (κ2) is 10.2. The molecule has 0 bridgehead atoms. The number of aromatic amines is 1. The maximum absolute atomic E-state index is 12.4. The standard InChI is InChI=1S/C28H33N7O3/c1-18(36)29-11-7-21-16-31-25-6-5-20(17-35(21)25)32-23-8-12-30-26-22(23)15-24(33-26)19-9-13-34(14-10-19)27(37)38-28(2,3)4/h5-6,8-9,12,15-17H,7,10-11,13-14H2,1-4H3,(H,29,36)(H2,30,32,33). The Kier molecular flexibility index (Phi) is 6.79. The fourth-order valence-corrected chi connectivity index (χ4v) is 4.53. The van der Waals surface area contributed by atoms with E-state index in [0.717, 1.165) is 51.4 Å². The number of H-pyrrole nitrogens is 1. The van der Waals surface area contributed by atoms with Crippen LogP contribution in [0.25, 0.3) is 22.3 Å². The average molecular weight is 516 g/mol. The van der Waals surface area contributed by atoms with E-state index < -0.39 is 5.60 Å². The summed E-state index contributed by atoms with van der Waals surface area (Å²) in [6.45, 7) is 8.81. The second-order valence-corrected chi connectivity index (χ2v) is 10.5. The number of carbonyl (C=O) groups excluding carboxylic acids is 2. The highest BCUT2D eigenvalue weighted by Crippen LogP contribution is 2.30. The molecule has 5 heterocycles. The molecule has 10 heteroatoms. The number of hydrogen-bond donors (Lipinski definition) is 3. The summed E-state index contributed by atoms with van der Waals surface area (Å²) in [6.07, 6.45) is 8.83. The molecule has 4 aromatic rings. The van der Waals surface area contributed by atoms with E-state index >= 15 is 0 Å². The fourth-order valence-electron chi connectivity index (χ4n) is 4.53. The molecule has 1 aliphatic heterocycles. The van der Waals surface area contributed by atoms with Crippen molar-refractivity contribution in [3.05, 3.63) is 60.3 Å². The highest BCUT2D eigenvalue weighted by molar-refractivity contribution is 5.94. The Morgan fingerprint density at radius 2 is 2.03 bits per heavy atom. The maximum Gasteiger partial charge on any atom is 0.410 e. The molecule has 0 unspecified atom stereocenters. The van der Waals surface area contributed by atoms with E-state index in [-0.39, 0.29) is 12.0 Å². The van der Waals surface area contributed by atoms with Crippen molar-refractivity contribution in [3.63, 3.8) is 0 Å². The maximum atomic E-state index is 12.4. The Balaban J connectivity index is 1.34. The van der Waals surface area contributed by atoms with Crippen LogP contribution in [-0.2, 0) is 16.0 Å². The lowest BCUT2D eigenvalue weighted by molar-refractivity contribution is -0.118. The number of nitrogens with one attached hydrogen (secondary N) is 3. The largest absolute Gasteiger partial charge is 0.444 e. The van der Waals surface area contributed by atoms with Gasteiger partial charge in [-0.15, -0.1) is 0 Å². The smallest absolute Gasteiger partial charge is 0.410 e. The molecule has 0 atom stereocenters. The molecule has 0 saturated carbocycles. The van der Waals surface area contributed by atoms with Crippen LogP contribution in [0.3, 0.4) is 0 Å². The molecule has 0 aromatic carbocycles. The lowest BCUT2D eigenvalue weighted by Crippen LogP contribution is -2.39. The van der Waals surface area contributed by atoms with E-state index in [2.05, 4.69) is 37.7 Å². The van der Waals surface area contributed by atoms with Gasteiger partial charge in [-0.3, -0.25) is 4.79 Å². The van der Waals surface area contributed by atoms with Gasteiger partial charge in [-0.25, -0.2) is 14.8 Å². The predicted octanol–water partition coefficient (Wildman–Crippen LogP) is 4.66. The van der Waals surface area contributed by atoms with Crippen LogP contribution in [0.5, 0.6) is 0 Å². The lowest BCUT2D eigenvalue weighted by Gasteiger charge is -2.29. The quantitative estimate of drug-likeness (QED) is 0.344. The van der Waals surface area contributed by atoms with E-state index in [1.165, 1.54) is 6.92 Å². The molecule has 1 aliphatic rings. The van der Waals surface area contributed by atoms with Gasteiger partial charge < -0.3 is 29.7 Å². The molecule has 0 spiro atoms. The number of hydrogen-bond acceptors (Lipinski definition) is 6. The number of anilines is 2. The van der Waals surface area contributed by atoms with E-state index in [9.17, 15) is 9.59 Å².